The predicted molar refractivity (Wildman–Crippen MR) is 57.3 cm³/mol. The second-order valence-electron chi connectivity index (χ2n) is 2.89. The highest BCUT2D eigenvalue weighted by Crippen LogP contribution is 2.26. The summed E-state index contributed by atoms with van der Waals surface area (Å²) in [5.74, 6) is -1.37. The van der Waals surface area contributed by atoms with Crippen molar-refractivity contribution >= 4 is 17.6 Å². The Kier molecular flexibility index (Phi) is 4.52. The number of halogens is 2. The van der Waals surface area contributed by atoms with Crippen molar-refractivity contribution < 1.29 is 18.7 Å². The van der Waals surface area contributed by atoms with Gasteiger partial charge in [0.15, 0.2) is 11.6 Å². The molecule has 0 saturated heterocycles. The van der Waals surface area contributed by atoms with E-state index in [-0.39, 0.29) is 29.5 Å². The van der Waals surface area contributed by atoms with Crippen molar-refractivity contribution in [1.29, 1.82) is 0 Å². The minimum atomic E-state index is -0.650. The lowest BCUT2D eigenvalue weighted by Gasteiger charge is -2.08. The maximum absolute atomic E-state index is 13.3. The summed E-state index contributed by atoms with van der Waals surface area (Å²) in [6.07, 6.45) is 0. The average molecular weight is 248 g/mol. The number of carbonyl (C=O) groups excluding carboxylic acids is 1. The van der Waals surface area contributed by atoms with E-state index < -0.39 is 11.8 Å². The van der Waals surface area contributed by atoms with Gasteiger partial charge in [0, 0.05) is 6.54 Å². The van der Waals surface area contributed by atoms with Crippen molar-refractivity contribution in [1.82, 2.24) is 0 Å². The number of esters is 1. The Morgan fingerprint density at radius 3 is 2.81 bits per heavy atom. The van der Waals surface area contributed by atoms with E-state index >= 15 is 0 Å². The van der Waals surface area contributed by atoms with Crippen LogP contribution in [0.15, 0.2) is 12.1 Å². The van der Waals surface area contributed by atoms with Gasteiger partial charge in [-0.1, -0.05) is 11.6 Å². The van der Waals surface area contributed by atoms with Crippen LogP contribution >= 0.6 is 11.6 Å². The van der Waals surface area contributed by atoms with Crippen LogP contribution in [-0.4, -0.2) is 26.2 Å². The first-order valence-electron chi connectivity index (χ1n) is 4.50. The fraction of sp³-hybridized carbons (Fsp3) is 0.300. The maximum atomic E-state index is 13.3. The van der Waals surface area contributed by atoms with Crippen molar-refractivity contribution in [2.24, 2.45) is 5.73 Å². The van der Waals surface area contributed by atoms with E-state index in [0.29, 0.717) is 0 Å². The fourth-order valence-electron chi connectivity index (χ4n) is 1.07. The lowest BCUT2D eigenvalue weighted by atomic mass is 10.2. The second kappa shape index (κ2) is 5.67. The smallest absolute Gasteiger partial charge is 0.339 e. The average Bonchev–Trinajstić information content (AvgIpc) is 2.27. The molecule has 0 amide bonds. The number of hydrogen-bond donors (Lipinski definition) is 1. The normalized spacial score (nSPS) is 10.0. The molecule has 1 rings (SSSR count). The van der Waals surface area contributed by atoms with Crippen LogP contribution in [-0.2, 0) is 4.74 Å². The van der Waals surface area contributed by atoms with Crippen molar-refractivity contribution in [3.05, 3.63) is 28.5 Å². The summed E-state index contributed by atoms with van der Waals surface area (Å²) < 4.78 is 22.8. The molecule has 0 atom stereocenters. The number of ether oxygens (including phenoxy) is 2. The highest BCUT2D eigenvalue weighted by molar-refractivity contribution is 6.33. The molecular weight excluding hydrogens is 237 g/mol. The number of hydrogen-bond acceptors (Lipinski definition) is 4. The SMILES string of the molecule is COC(=O)c1cc(OCCN)c(F)cc1Cl. The molecule has 0 unspecified atom stereocenters. The molecule has 0 fully saturated rings. The first-order chi connectivity index (χ1) is 7.60. The van der Waals surface area contributed by atoms with E-state index in [1.807, 2.05) is 0 Å². The van der Waals surface area contributed by atoms with Gasteiger partial charge in [0.05, 0.1) is 17.7 Å². The van der Waals surface area contributed by atoms with Gasteiger partial charge in [0.1, 0.15) is 6.61 Å². The summed E-state index contributed by atoms with van der Waals surface area (Å²) in [5, 5.41) is -0.0237. The molecule has 1 aromatic carbocycles. The monoisotopic (exact) mass is 247 g/mol. The van der Waals surface area contributed by atoms with Gasteiger partial charge >= 0.3 is 5.97 Å². The zero-order valence-corrected chi connectivity index (χ0v) is 9.38. The van der Waals surface area contributed by atoms with Gasteiger partial charge in [-0.25, -0.2) is 9.18 Å². The molecule has 16 heavy (non-hydrogen) atoms. The van der Waals surface area contributed by atoms with Crippen LogP contribution in [0.4, 0.5) is 4.39 Å². The van der Waals surface area contributed by atoms with E-state index in [1.54, 1.807) is 0 Å². The molecule has 88 valence electrons. The number of methoxy groups -OCH3 is 1. The Morgan fingerprint density at radius 1 is 1.56 bits per heavy atom. The minimum Gasteiger partial charge on any atom is -0.489 e. The molecule has 2 N–H and O–H groups in total. The molecule has 0 aliphatic carbocycles. The van der Waals surface area contributed by atoms with Crippen molar-refractivity contribution in [2.75, 3.05) is 20.3 Å². The van der Waals surface area contributed by atoms with Crippen LogP contribution in [0.2, 0.25) is 5.02 Å². The van der Waals surface area contributed by atoms with E-state index in [4.69, 9.17) is 22.1 Å². The molecule has 0 spiro atoms. The van der Waals surface area contributed by atoms with Gasteiger partial charge in [-0.3, -0.25) is 0 Å². The fourth-order valence-corrected chi connectivity index (χ4v) is 1.30. The zero-order chi connectivity index (χ0) is 12.1. The zero-order valence-electron chi connectivity index (χ0n) is 8.63. The van der Waals surface area contributed by atoms with Crippen LogP contribution in [0.3, 0.4) is 0 Å². The van der Waals surface area contributed by atoms with Crippen LogP contribution in [0.1, 0.15) is 10.4 Å². The van der Waals surface area contributed by atoms with Crippen LogP contribution in [0, 0.1) is 5.82 Å². The molecule has 0 radical (unpaired) electrons. The Hall–Kier alpha value is -1.33. The Balaban J connectivity index is 3.06. The Bertz CT molecular complexity index is 398. The molecular formula is C10H11ClFNO3. The highest BCUT2D eigenvalue weighted by Gasteiger charge is 2.15. The molecule has 6 heteroatoms. The van der Waals surface area contributed by atoms with Crippen molar-refractivity contribution in [2.45, 2.75) is 0 Å². The molecule has 0 aromatic heterocycles. The Morgan fingerprint density at radius 2 is 2.25 bits per heavy atom. The third-order valence-electron chi connectivity index (χ3n) is 1.80. The third kappa shape index (κ3) is 2.84. The molecule has 0 saturated carbocycles. The molecule has 0 aliphatic heterocycles. The van der Waals surface area contributed by atoms with E-state index in [9.17, 15) is 9.18 Å². The molecule has 0 aliphatic rings. The van der Waals surface area contributed by atoms with Crippen molar-refractivity contribution in [3.63, 3.8) is 0 Å². The number of benzene rings is 1. The standard InChI is InChI=1S/C10H11ClFNO3/c1-15-10(14)6-4-9(16-3-2-13)8(12)5-7(6)11/h4-5H,2-3,13H2,1H3. The van der Waals surface area contributed by atoms with Crippen LogP contribution in [0.5, 0.6) is 5.75 Å². The number of rotatable bonds is 4. The van der Waals surface area contributed by atoms with Crippen molar-refractivity contribution in [3.8, 4) is 5.75 Å². The van der Waals surface area contributed by atoms with Crippen LogP contribution < -0.4 is 10.5 Å². The van der Waals surface area contributed by atoms with Gasteiger partial charge in [-0.2, -0.15) is 0 Å². The quantitative estimate of drug-likeness (QED) is 0.821. The lowest BCUT2D eigenvalue weighted by molar-refractivity contribution is 0.0600. The molecule has 0 heterocycles. The topological polar surface area (TPSA) is 61.5 Å². The molecule has 1 aromatic rings. The van der Waals surface area contributed by atoms with Gasteiger partial charge < -0.3 is 15.2 Å². The van der Waals surface area contributed by atoms with E-state index in [0.717, 1.165) is 6.07 Å². The summed E-state index contributed by atoms with van der Waals surface area (Å²) >= 11 is 5.69. The van der Waals surface area contributed by atoms with E-state index in [1.165, 1.54) is 13.2 Å². The largest absolute Gasteiger partial charge is 0.489 e. The summed E-state index contributed by atoms with van der Waals surface area (Å²) in [4.78, 5) is 11.3. The lowest BCUT2D eigenvalue weighted by Crippen LogP contribution is -2.12. The van der Waals surface area contributed by atoms with Crippen LogP contribution in [0.25, 0.3) is 0 Å². The molecule has 4 nitrogen and oxygen atoms in total. The van der Waals surface area contributed by atoms with Gasteiger partial charge in [0.25, 0.3) is 0 Å². The predicted octanol–water partition coefficient (Wildman–Crippen LogP) is 1.60. The number of nitrogens with two attached hydrogens (primary N) is 1. The first kappa shape index (κ1) is 12.7. The summed E-state index contributed by atoms with van der Waals surface area (Å²) in [7, 11) is 1.21. The molecule has 0 bridgehead atoms. The Labute approximate surface area is 97.1 Å². The second-order valence-corrected chi connectivity index (χ2v) is 3.30. The summed E-state index contributed by atoms with van der Waals surface area (Å²) in [6.45, 7) is 0.398. The van der Waals surface area contributed by atoms with E-state index in [2.05, 4.69) is 4.74 Å². The highest BCUT2D eigenvalue weighted by atomic mass is 35.5. The summed E-state index contributed by atoms with van der Waals surface area (Å²) in [6, 6.07) is 2.19. The summed E-state index contributed by atoms with van der Waals surface area (Å²) in [5.41, 5.74) is 5.27. The maximum Gasteiger partial charge on any atom is 0.339 e. The van der Waals surface area contributed by atoms with Gasteiger partial charge in [0.2, 0.25) is 0 Å². The minimum absolute atomic E-state index is 0.0237. The number of carbonyl (C=O) groups is 1. The van der Waals surface area contributed by atoms with Gasteiger partial charge in [-0.15, -0.1) is 0 Å². The first-order valence-corrected chi connectivity index (χ1v) is 4.88. The third-order valence-corrected chi connectivity index (χ3v) is 2.12. The van der Waals surface area contributed by atoms with Gasteiger partial charge in [-0.05, 0) is 12.1 Å².